The zero-order valence-electron chi connectivity index (χ0n) is 9.83. The molecule has 0 aromatic heterocycles. The van der Waals surface area contributed by atoms with E-state index >= 15 is 0 Å². The van der Waals surface area contributed by atoms with E-state index < -0.39 is 5.91 Å². The lowest BCUT2D eigenvalue weighted by Gasteiger charge is -2.08. The number of hydrogen-bond acceptors (Lipinski definition) is 3. The number of halogens is 1. The van der Waals surface area contributed by atoms with Gasteiger partial charge in [-0.2, -0.15) is 11.8 Å². The molecule has 1 rings (SSSR count). The maximum Gasteiger partial charge on any atom is 0.248 e. The number of unbranched alkanes of at least 4 members (excludes halogenated alkanes) is 1. The van der Waals surface area contributed by atoms with Crippen molar-refractivity contribution in [1.82, 2.24) is 0 Å². The highest BCUT2D eigenvalue weighted by Crippen LogP contribution is 2.16. The molecule has 0 aliphatic rings. The Morgan fingerprint density at radius 2 is 2.24 bits per heavy atom. The number of carbonyl (C=O) groups excluding carboxylic acids is 1. The summed E-state index contributed by atoms with van der Waals surface area (Å²) in [5.74, 6) is 0.196. The number of rotatable bonds is 7. The largest absolute Gasteiger partial charge is 0.383 e. The van der Waals surface area contributed by atoms with E-state index in [9.17, 15) is 9.18 Å². The van der Waals surface area contributed by atoms with Gasteiger partial charge in [0.05, 0.1) is 5.69 Å². The molecular weight excluding hydrogens is 239 g/mol. The lowest BCUT2D eigenvalue weighted by molar-refractivity contribution is 0.100. The molecule has 0 aliphatic heterocycles. The molecule has 0 atom stereocenters. The van der Waals surface area contributed by atoms with Crippen LogP contribution in [-0.2, 0) is 0 Å². The summed E-state index contributed by atoms with van der Waals surface area (Å²) in [7, 11) is 0. The predicted molar refractivity (Wildman–Crippen MR) is 71.0 cm³/mol. The summed E-state index contributed by atoms with van der Waals surface area (Å²) in [6.45, 7) is 0.694. The summed E-state index contributed by atoms with van der Waals surface area (Å²) >= 11 is 1.79. The van der Waals surface area contributed by atoms with Gasteiger partial charge in [-0.3, -0.25) is 4.79 Å². The molecule has 5 heteroatoms. The van der Waals surface area contributed by atoms with E-state index in [1.165, 1.54) is 18.2 Å². The summed E-state index contributed by atoms with van der Waals surface area (Å²) < 4.78 is 13.4. The first-order valence-corrected chi connectivity index (χ1v) is 6.86. The van der Waals surface area contributed by atoms with Gasteiger partial charge in [0.25, 0.3) is 0 Å². The van der Waals surface area contributed by atoms with Crippen molar-refractivity contribution in [3.63, 3.8) is 0 Å². The van der Waals surface area contributed by atoms with Gasteiger partial charge in [0, 0.05) is 12.1 Å². The van der Waals surface area contributed by atoms with Crippen molar-refractivity contribution in [3.8, 4) is 0 Å². The molecule has 0 spiro atoms. The molecule has 1 aromatic rings. The molecule has 0 radical (unpaired) electrons. The second kappa shape index (κ2) is 7.17. The number of hydrogen-bond donors (Lipinski definition) is 2. The Morgan fingerprint density at radius 3 is 2.88 bits per heavy atom. The lowest BCUT2D eigenvalue weighted by Crippen LogP contribution is -2.12. The molecule has 0 saturated carbocycles. The molecule has 3 nitrogen and oxygen atoms in total. The van der Waals surface area contributed by atoms with Crippen LogP contribution in [0.1, 0.15) is 23.2 Å². The van der Waals surface area contributed by atoms with E-state index in [0.29, 0.717) is 17.8 Å². The molecular formula is C12H17FN2OS. The molecule has 17 heavy (non-hydrogen) atoms. The molecule has 0 heterocycles. The van der Waals surface area contributed by atoms with Gasteiger partial charge in [-0.1, -0.05) is 0 Å². The van der Waals surface area contributed by atoms with Crippen LogP contribution < -0.4 is 11.1 Å². The Bertz CT molecular complexity index is 385. The first-order valence-electron chi connectivity index (χ1n) is 5.47. The van der Waals surface area contributed by atoms with Crippen molar-refractivity contribution < 1.29 is 9.18 Å². The van der Waals surface area contributed by atoms with Gasteiger partial charge in [0.2, 0.25) is 5.91 Å². The third-order valence-corrected chi connectivity index (χ3v) is 3.04. The van der Waals surface area contributed by atoms with Crippen LogP contribution in [0, 0.1) is 5.82 Å². The predicted octanol–water partition coefficient (Wildman–Crippen LogP) is 2.48. The van der Waals surface area contributed by atoms with Crippen molar-refractivity contribution in [2.45, 2.75) is 12.8 Å². The fourth-order valence-electron chi connectivity index (χ4n) is 1.41. The van der Waals surface area contributed by atoms with E-state index in [2.05, 4.69) is 11.6 Å². The van der Waals surface area contributed by atoms with E-state index in [4.69, 9.17) is 5.73 Å². The molecule has 0 fully saturated rings. The van der Waals surface area contributed by atoms with Crippen molar-refractivity contribution in [2.24, 2.45) is 5.73 Å². The van der Waals surface area contributed by atoms with Gasteiger partial charge >= 0.3 is 0 Å². The Balaban J connectivity index is 2.51. The smallest absolute Gasteiger partial charge is 0.248 e. The van der Waals surface area contributed by atoms with Crippen LogP contribution in [0.4, 0.5) is 10.1 Å². The molecule has 1 amide bonds. The highest BCUT2D eigenvalue weighted by Gasteiger charge is 2.06. The Hall–Kier alpha value is -1.23. The molecule has 0 aliphatic carbocycles. The minimum Gasteiger partial charge on any atom is -0.383 e. The summed E-state index contributed by atoms with van der Waals surface area (Å²) in [4.78, 5) is 10.9. The van der Waals surface area contributed by atoms with Crippen molar-refractivity contribution in [2.75, 3.05) is 23.9 Å². The minimum atomic E-state index is -0.546. The summed E-state index contributed by atoms with van der Waals surface area (Å²) in [5, 5.41) is 2.98. The van der Waals surface area contributed by atoms with Gasteiger partial charge in [0.15, 0.2) is 0 Å². The van der Waals surface area contributed by atoms with Crippen molar-refractivity contribution >= 4 is 23.4 Å². The Kier molecular flexibility index (Phi) is 5.83. The number of amides is 1. The lowest BCUT2D eigenvalue weighted by atomic mass is 10.2. The average Bonchev–Trinajstić information content (AvgIpc) is 2.30. The summed E-state index contributed by atoms with van der Waals surface area (Å²) in [6.07, 6.45) is 4.12. The number of anilines is 1. The van der Waals surface area contributed by atoms with Gasteiger partial charge in [-0.25, -0.2) is 4.39 Å². The van der Waals surface area contributed by atoms with Crippen LogP contribution in [0.2, 0.25) is 0 Å². The van der Waals surface area contributed by atoms with E-state index in [0.717, 1.165) is 18.6 Å². The first kappa shape index (κ1) is 13.8. The normalized spacial score (nSPS) is 10.2. The van der Waals surface area contributed by atoms with Gasteiger partial charge < -0.3 is 11.1 Å². The van der Waals surface area contributed by atoms with Crippen LogP contribution >= 0.6 is 11.8 Å². The van der Waals surface area contributed by atoms with Crippen LogP contribution in [0.15, 0.2) is 18.2 Å². The summed E-state index contributed by atoms with van der Waals surface area (Å²) in [5.41, 5.74) is 5.79. The van der Waals surface area contributed by atoms with E-state index in [1.54, 1.807) is 11.8 Å². The first-order chi connectivity index (χ1) is 8.15. The standard InChI is InChI=1S/C12H17FN2OS/c1-17-7-3-2-6-15-11-8-9(12(14)16)4-5-10(11)13/h4-5,8,15H,2-3,6-7H2,1H3,(H2,14,16). The SMILES string of the molecule is CSCCCCNc1cc(C(N)=O)ccc1F. The number of nitrogens with two attached hydrogens (primary N) is 1. The maximum absolute atomic E-state index is 13.4. The zero-order valence-corrected chi connectivity index (χ0v) is 10.6. The number of benzene rings is 1. The van der Waals surface area contributed by atoms with E-state index in [1.807, 2.05) is 0 Å². The van der Waals surface area contributed by atoms with Gasteiger partial charge in [-0.15, -0.1) is 0 Å². The highest BCUT2D eigenvalue weighted by atomic mass is 32.2. The third kappa shape index (κ3) is 4.65. The average molecular weight is 256 g/mol. The molecule has 94 valence electrons. The second-order valence-corrected chi connectivity index (χ2v) is 4.67. The Labute approximate surface area is 105 Å². The van der Waals surface area contributed by atoms with Crippen LogP contribution in [0.25, 0.3) is 0 Å². The molecule has 0 bridgehead atoms. The topological polar surface area (TPSA) is 55.1 Å². The number of nitrogens with one attached hydrogen (secondary N) is 1. The number of primary amides is 1. The fraction of sp³-hybridized carbons (Fsp3) is 0.417. The van der Waals surface area contributed by atoms with E-state index in [-0.39, 0.29) is 5.82 Å². The maximum atomic E-state index is 13.4. The van der Waals surface area contributed by atoms with Gasteiger partial charge in [-0.05, 0) is 43.0 Å². The quantitative estimate of drug-likeness (QED) is 0.737. The molecule has 0 saturated heterocycles. The monoisotopic (exact) mass is 256 g/mol. The Morgan fingerprint density at radius 1 is 1.47 bits per heavy atom. The molecule has 0 unspecified atom stereocenters. The van der Waals surface area contributed by atoms with Crippen molar-refractivity contribution in [1.29, 1.82) is 0 Å². The molecule has 3 N–H and O–H groups in total. The molecule has 1 aromatic carbocycles. The second-order valence-electron chi connectivity index (χ2n) is 3.69. The minimum absolute atomic E-state index is 0.318. The number of thioether (sulfide) groups is 1. The van der Waals surface area contributed by atoms with Gasteiger partial charge in [0.1, 0.15) is 5.82 Å². The highest BCUT2D eigenvalue weighted by molar-refractivity contribution is 7.98. The van der Waals surface area contributed by atoms with Crippen molar-refractivity contribution in [3.05, 3.63) is 29.6 Å². The fourth-order valence-corrected chi connectivity index (χ4v) is 1.90. The van der Waals surface area contributed by atoms with Crippen LogP contribution in [-0.4, -0.2) is 24.5 Å². The zero-order chi connectivity index (χ0) is 12.7. The van der Waals surface area contributed by atoms with Crippen LogP contribution in [0.3, 0.4) is 0 Å². The number of carbonyl (C=O) groups is 1. The summed E-state index contributed by atoms with van der Waals surface area (Å²) in [6, 6.07) is 4.09. The third-order valence-electron chi connectivity index (χ3n) is 2.34. The van der Waals surface area contributed by atoms with Crippen LogP contribution in [0.5, 0.6) is 0 Å².